The average Bonchev–Trinajstić information content (AvgIpc) is 3.05. The van der Waals surface area contributed by atoms with Crippen molar-refractivity contribution in [3.63, 3.8) is 0 Å². The van der Waals surface area contributed by atoms with Gasteiger partial charge in [0.05, 0.1) is 17.0 Å². The van der Waals surface area contributed by atoms with Gasteiger partial charge in [-0.3, -0.25) is 14.9 Å². The van der Waals surface area contributed by atoms with Crippen LogP contribution in [-0.4, -0.2) is 23.0 Å². The molecule has 1 atom stereocenters. The Hall–Kier alpha value is -3.15. The first-order chi connectivity index (χ1) is 12.4. The Balaban J connectivity index is 1.85. The number of nitro groups is 1. The van der Waals surface area contributed by atoms with Gasteiger partial charge < -0.3 is 10.2 Å². The van der Waals surface area contributed by atoms with Gasteiger partial charge in [-0.05, 0) is 29.8 Å². The summed E-state index contributed by atoms with van der Waals surface area (Å²) in [4.78, 5) is 25.2. The highest BCUT2D eigenvalue weighted by Gasteiger charge is 2.59. The molecule has 2 heterocycles. The summed E-state index contributed by atoms with van der Waals surface area (Å²) in [6.45, 7) is 4.43. The quantitative estimate of drug-likeness (QED) is 0.682. The number of para-hydroxylation sites is 2. The molecule has 0 bridgehead atoms. The zero-order valence-electron chi connectivity index (χ0n) is 14.6. The summed E-state index contributed by atoms with van der Waals surface area (Å²) in [6.07, 6.45) is 3.63. The summed E-state index contributed by atoms with van der Waals surface area (Å²) >= 11 is 0. The summed E-state index contributed by atoms with van der Waals surface area (Å²) < 4.78 is 0. The molecule has 1 fully saturated rings. The first kappa shape index (κ1) is 16.3. The normalized spacial score (nSPS) is 23.0. The number of anilines is 1. The van der Waals surface area contributed by atoms with Crippen LogP contribution in [0.1, 0.15) is 25.0 Å². The molecule has 0 radical (unpaired) electrons. The Morgan fingerprint density at radius 2 is 1.85 bits per heavy atom. The van der Waals surface area contributed by atoms with E-state index in [1.165, 1.54) is 6.07 Å². The largest absolute Gasteiger partial charge is 0.335 e. The standard InChI is InChI=1S/C20H19N3O3/c1-19(2)15-8-4-6-10-17(15)22-13-18(24)21-20(19,22)12-11-14-7-3-5-9-16(14)23(25)26/h3-12H,13H2,1-2H3,(H,21,24)/b12-11+. The molecule has 0 aliphatic carbocycles. The number of rotatable bonds is 3. The lowest BCUT2D eigenvalue weighted by Crippen LogP contribution is -2.58. The van der Waals surface area contributed by atoms with Crippen molar-refractivity contribution in [1.29, 1.82) is 0 Å². The van der Waals surface area contributed by atoms with Crippen LogP contribution < -0.4 is 10.2 Å². The van der Waals surface area contributed by atoms with Gasteiger partial charge in [0, 0.05) is 17.2 Å². The summed E-state index contributed by atoms with van der Waals surface area (Å²) in [5.41, 5.74) is 1.58. The maximum absolute atomic E-state index is 12.3. The third-order valence-electron chi connectivity index (χ3n) is 5.52. The lowest BCUT2D eigenvalue weighted by Gasteiger charge is -2.40. The Labute approximate surface area is 151 Å². The van der Waals surface area contributed by atoms with Crippen molar-refractivity contribution < 1.29 is 9.72 Å². The first-order valence-electron chi connectivity index (χ1n) is 8.48. The second-order valence-electron chi connectivity index (χ2n) is 7.19. The van der Waals surface area contributed by atoms with E-state index in [-0.39, 0.29) is 18.1 Å². The fraction of sp³-hybridized carbons (Fsp3) is 0.250. The summed E-state index contributed by atoms with van der Waals surface area (Å²) in [7, 11) is 0. The minimum atomic E-state index is -0.752. The summed E-state index contributed by atoms with van der Waals surface area (Å²) in [5, 5.41) is 14.4. The summed E-state index contributed by atoms with van der Waals surface area (Å²) in [5.74, 6) is -0.0558. The zero-order valence-corrected chi connectivity index (χ0v) is 14.6. The number of carbonyl (C=O) groups excluding carboxylic acids is 1. The predicted molar refractivity (Wildman–Crippen MR) is 99.8 cm³/mol. The van der Waals surface area contributed by atoms with Crippen LogP contribution in [0.25, 0.3) is 6.08 Å². The van der Waals surface area contributed by atoms with E-state index >= 15 is 0 Å². The molecule has 2 aliphatic rings. The van der Waals surface area contributed by atoms with E-state index in [1.54, 1.807) is 24.3 Å². The van der Waals surface area contributed by atoms with Gasteiger partial charge in [-0.1, -0.05) is 44.2 Å². The number of nitrogens with zero attached hydrogens (tertiary/aromatic N) is 2. The minimum absolute atomic E-state index is 0.0457. The van der Waals surface area contributed by atoms with Gasteiger partial charge in [-0.15, -0.1) is 0 Å². The number of benzene rings is 2. The van der Waals surface area contributed by atoms with Gasteiger partial charge in [0.1, 0.15) is 5.66 Å². The molecule has 4 rings (SSSR count). The van der Waals surface area contributed by atoms with E-state index in [4.69, 9.17) is 0 Å². The van der Waals surface area contributed by atoms with Gasteiger partial charge in [0.25, 0.3) is 5.69 Å². The lowest BCUT2D eigenvalue weighted by atomic mass is 9.75. The maximum Gasteiger partial charge on any atom is 0.276 e. The summed E-state index contributed by atoms with van der Waals surface area (Å²) in [6, 6.07) is 14.6. The second-order valence-corrected chi connectivity index (χ2v) is 7.19. The van der Waals surface area contributed by atoms with Crippen LogP contribution in [-0.2, 0) is 10.2 Å². The Morgan fingerprint density at radius 1 is 1.15 bits per heavy atom. The number of hydrogen-bond acceptors (Lipinski definition) is 4. The van der Waals surface area contributed by atoms with Crippen LogP contribution in [0.5, 0.6) is 0 Å². The van der Waals surface area contributed by atoms with Crippen LogP contribution in [0, 0.1) is 10.1 Å². The smallest absolute Gasteiger partial charge is 0.276 e. The van der Waals surface area contributed by atoms with E-state index in [0.717, 1.165) is 11.3 Å². The van der Waals surface area contributed by atoms with E-state index in [0.29, 0.717) is 5.56 Å². The fourth-order valence-corrected chi connectivity index (χ4v) is 4.14. The van der Waals surface area contributed by atoms with Gasteiger partial charge in [-0.2, -0.15) is 0 Å². The molecule has 1 unspecified atom stereocenters. The van der Waals surface area contributed by atoms with Gasteiger partial charge in [0.2, 0.25) is 5.91 Å². The molecule has 132 valence electrons. The Bertz CT molecular complexity index is 951. The predicted octanol–water partition coefficient (Wildman–Crippen LogP) is 3.23. The van der Waals surface area contributed by atoms with Crippen molar-refractivity contribution in [1.82, 2.24) is 5.32 Å². The topological polar surface area (TPSA) is 75.5 Å². The van der Waals surface area contributed by atoms with Crippen LogP contribution in [0.15, 0.2) is 54.6 Å². The fourth-order valence-electron chi connectivity index (χ4n) is 4.14. The number of fused-ring (bicyclic) bond motifs is 3. The van der Waals surface area contributed by atoms with Crippen LogP contribution in [0.4, 0.5) is 11.4 Å². The molecule has 1 saturated heterocycles. The van der Waals surface area contributed by atoms with Crippen LogP contribution in [0.2, 0.25) is 0 Å². The van der Waals surface area contributed by atoms with Crippen molar-refractivity contribution in [2.75, 3.05) is 11.4 Å². The molecule has 1 amide bonds. The molecular formula is C20H19N3O3. The van der Waals surface area contributed by atoms with Gasteiger partial charge in [0.15, 0.2) is 0 Å². The number of hydrogen-bond donors (Lipinski definition) is 1. The van der Waals surface area contributed by atoms with Crippen molar-refractivity contribution in [3.05, 3.63) is 75.8 Å². The number of carbonyl (C=O) groups is 1. The maximum atomic E-state index is 12.3. The van der Waals surface area contributed by atoms with E-state index in [2.05, 4.69) is 30.1 Å². The molecule has 6 nitrogen and oxygen atoms in total. The van der Waals surface area contributed by atoms with Crippen LogP contribution >= 0.6 is 0 Å². The number of nitro benzene ring substituents is 1. The SMILES string of the molecule is CC1(C)c2ccccc2N2CC(=O)NC21/C=C/c1ccccc1[N+](=O)[O-]. The number of nitrogens with one attached hydrogen (secondary N) is 1. The monoisotopic (exact) mass is 349 g/mol. The van der Waals surface area contributed by atoms with Gasteiger partial charge >= 0.3 is 0 Å². The zero-order chi connectivity index (χ0) is 18.5. The molecule has 2 aliphatic heterocycles. The Morgan fingerprint density at radius 3 is 2.62 bits per heavy atom. The number of amides is 1. The van der Waals surface area contributed by atoms with Crippen molar-refractivity contribution in [3.8, 4) is 0 Å². The van der Waals surface area contributed by atoms with E-state index in [9.17, 15) is 14.9 Å². The third kappa shape index (κ3) is 2.08. The minimum Gasteiger partial charge on any atom is -0.335 e. The lowest BCUT2D eigenvalue weighted by molar-refractivity contribution is -0.385. The molecule has 26 heavy (non-hydrogen) atoms. The Kier molecular flexibility index (Phi) is 3.41. The van der Waals surface area contributed by atoms with Crippen molar-refractivity contribution >= 4 is 23.4 Å². The first-order valence-corrected chi connectivity index (χ1v) is 8.48. The molecule has 0 saturated carbocycles. The van der Waals surface area contributed by atoms with Gasteiger partial charge in [-0.25, -0.2) is 0 Å². The molecule has 2 aromatic carbocycles. The van der Waals surface area contributed by atoms with E-state index < -0.39 is 16.0 Å². The molecular weight excluding hydrogens is 330 g/mol. The average molecular weight is 349 g/mol. The molecule has 6 heteroatoms. The third-order valence-corrected chi connectivity index (χ3v) is 5.52. The molecule has 0 spiro atoms. The molecule has 1 N–H and O–H groups in total. The molecule has 0 aromatic heterocycles. The van der Waals surface area contributed by atoms with Crippen molar-refractivity contribution in [2.45, 2.75) is 24.9 Å². The highest BCUT2D eigenvalue weighted by molar-refractivity contribution is 5.91. The second kappa shape index (κ2) is 5.42. The molecule has 2 aromatic rings. The van der Waals surface area contributed by atoms with Crippen molar-refractivity contribution in [2.24, 2.45) is 0 Å². The van der Waals surface area contributed by atoms with Crippen LogP contribution in [0.3, 0.4) is 0 Å². The highest BCUT2D eigenvalue weighted by atomic mass is 16.6. The highest BCUT2D eigenvalue weighted by Crippen LogP contribution is 2.52. The van der Waals surface area contributed by atoms with E-state index in [1.807, 2.05) is 24.3 Å².